The third-order valence-corrected chi connectivity index (χ3v) is 4.12. The number of amides is 2. The molecule has 5 nitrogen and oxygen atoms in total. The van der Waals surface area contributed by atoms with Crippen molar-refractivity contribution in [3.63, 3.8) is 0 Å². The predicted octanol–water partition coefficient (Wildman–Crippen LogP) is 3.24. The number of carbonyl (C=O) groups is 2. The van der Waals surface area contributed by atoms with Gasteiger partial charge in [0.05, 0.1) is 6.04 Å². The maximum absolute atomic E-state index is 12.7. The number of unbranched alkanes of at least 4 members (excludes halogenated alkanes) is 1. The first kappa shape index (κ1) is 23.9. The van der Waals surface area contributed by atoms with Gasteiger partial charge in [-0.25, -0.2) is 0 Å². The molecule has 5 heteroatoms. The van der Waals surface area contributed by atoms with E-state index in [-0.39, 0.29) is 35.2 Å². The topological polar surface area (TPSA) is 70.2 Å². The molecule has 25 heavy (non-hydrogen) atoms. The van der Waals surface area contributed by atoms with Crippen molar-refractivity contribution in [3.8, 4) is 0 Å². The monoisotopic (exact) mass is 355 g/mol. The van der Waals surface area contributed by atoms with Gasteiger partial charge in [-0.1, -0.05) is 68.2 Å². The van der Waals surface area contributed by atoms with E-state index in [4.69, 9.17) is 0 Å². The SMILES string of the molecule is CCCCC(NC(=O)C(NC(C)C)C(C)C)C(=O)NCCC(C)(C)C. The van der Waals surface area contributed by atoms with Gasteiger partial charge in [-0.2, -0.15) is 0 Å². The first-order valence-corrected chi connectivity index (χ1v) is 9.82. The minimum Gasteiger partial charge on any atom is -0.354 e. The minimum atomic E-state index is -0.456. The van der Waals surface area contributed by atoms with Crippen LogP contribution in [-0.4, -0.2) is 36.5 Å². The summed E-state index contributed by atoms with van der Waals surface area (Å²) in [5.74, 6) is 0.00653. The van der Waals surface area contributed by atoms with Gasteiger partial charge < -0.3 is 16.0 Å². The first-order valence-electron chi connectivity index (χ1n) is 9.82. The molecular weight excluding hydrogens is 314 g/mol. The predicted molar refractivity (Wildman–Crippen MR) is 105 cm³/mol. The van der Waals surface area contributed by atoms with E-state index in [1.54, 1.807) is 0 Å². The Hall–Kier alpha value is -1.10. The second-order valence-corrected chi connectivity index (χ2v) is 8.85. The average Bonchev–Trinajstić information content (AvgIpc) is 2.46. The number of nitrogens with one attached hydrogen (secondary N) is 3. The normalized spacial score (nSPS) is 14.5. The van der Waals surface area contributed by atoms with Crippen molar-refractivity contribution in [1.82, 2.24) is 16.0 Å². The van der Waals surface area contributed by atoms with Crippen LogP contribution in [0.3, 0.4) is 0 Å². The van der Waals surface area contributed by atoms with Gasteiger partial charge in [0.1, 0.15) is 6.04 Å². The molecule has 0 radical (unpaired) electrons. The Bertz CT molecular complexity index is 400. The highest BCUT2D eigenvalue weighted by atomic mass is 16.2. The molecule has 0 saturated carbocycles. The zero-order chi connectivity index (χ0) is 19.6. The van der Waals surface area contributed by atoms with Crippen molar-refractivity contribution < 1.29 is 9.59 Å². The Morgan fingerprint density at radius 2 is 1.60 bits per heavy atom. The maximum atomic E-state index is 12.7. The van der Waals surface area contributed by atoms with E-state index < -0.39 is 6.04 Å². The van der Waals surface area contributed by atoms with Gasteiger partial charge in [-0.3, -0.25) is 9.59 Å². The van der Waals surface area contributed by atoms with E-state index >= 15 is 0 Å². The quantitative estimate of drug-likeness (QED) is 0.533. The summed E-state index contributed by atoms with van der Waals surface area (Å²) in [6, 6.07) is -0.526. The molecule has 0 aromatic carbocycles. The van der Waals surface area contributed by atoms with Crippen LogP contribution in [0.25, 0.3) is 0 Å². The Morgan fingerprint density at radius 3 is 2.04 bits per heavy atom. The number of hydrogen-bond acceptors (Lipinski definition) is 3. The lowest BCUT2D eigenvalue weighted by atomic mass is 9.92. The zero-order valence-electron chi connectivity index (χ0n) is 17.7. The van der Waals surface area contributed by atoms with Crippen LogP contribution in [0, 0.1) is 11.3 Å². The fourth-order valence-electron chi connectivity index (χ4n) is 2.55. The molecule has 0 aromatic rings. The lowest BCUT2D eigenvalue weighted by molar-refractivity contribution is -0.131. The summed E-state index contributed by atoms with van der Waals surface area (Å²) in [6.07, 6.45) is 3.51. The van der Waals surface area contributed by atoms with E-state index in [9.17, 15) is 9.59 Å². The van der Waals surface area contributed by atoms with Crippen LogP contribution in [0.4, 0.5) is 0 Å². The van der Waals surface area contributed by atoms with Crippen LogP contribution >= 0.6 is 0 Å². The number of carbonyl (C=O) groups excluding carboxylic acids is 2. The van der Waals surface area contributed by atoms with Crippen LogP contribution in [-0.2, 0) is 9.59 Å². The molecule has 0 saturated heterocycles. The van der Waals surface area contributed by atoms with Crippen molar-refractivity contribution in [1.29, 1.82) is 0 Å². The van der Waals surface area contributed by atoms with Crippen LogP contribution < -0.4 is 16.0 Å². The molecule has 0 aliphatic heterocycles. The zero-order valence-corrected chi connectivity index (χ0v) is 17.7. The molecule has 2 unspecified atom stereocenters. The molecule has 3 N–H and O–H groups in total. The third kappa shape index (κ3) is 11.2. The fraction of sp³-hybridized carbons (Fsp3) is 0.900. The van der Waals surface area contributed by atoms with Crippen LogP contribution in [0.15, 0.2) is 0 Å². The van der Waals surface area contributed by atoms with Crippen LogP contribution in [0.5, 0.6) is 0 Å². The largest absolute Gasteiger partial charge is 0.354 e. The van der Waals surface area contributed by atoms with E-state index in [0.29, 0.717) is 13.0 Å². The van der Waals surface area contributed by atoms with Gasteiger partial charge >= 0.3 is 0 Å². The van der Waals surface area contributed by atoms with E-state index in [2.05, 4.69) is 43.6 Å². The molecule has 0 aliphatic rings. The summed E-state index contributed by atoms with van der Waals surface area (Å²) in [6.45, 7) is 17.3. The van der Waals surface area contributed by atoms with Gasteiger partial charge in [0.15, 0.2) is 0 Å². The molecule has 2 amide bonds. The highest BCUT2D eigenvalue weighted by Gasteiger charge is 2.27. The molecule has 0 bridgehead atoms. The van der Waals surface area contributed by atoms with E-state index in [1.807, 2.05) is 27.7 Å². The smallest absolute Gasteiger partial charge is 0.242 e. The van der Waals surface area contributed by atoms with Crippen molar-refractivity contribution in [2.75, 3.05) is 6.54 Å². The molecule has 0 spiro atoms. The molecule has 148 valence electrons. The first-order chi connectivity index (χ1) is 11.5. The molecule has 0 heterocycles. The fourth-order valence-corrected chi connectivity index (χ4v) is 2.55. The molecular formula is C20H41N3O2. The van der Waals surface area contributed by atoms with Crippen molar-refractivity contribution in [2.45, 2.75) is 99.2 Å². The van der Waals surface area contributed by atoms with Crippen molar-refractivity contribution >= 4 is 11.8 Å². The van der Waals surface area contributed by atoms with Gasteiger partial charge in [-0.05, 0) is 24.2 Å². The summed E-state index contributed by atoms with van der Waals surface area (Å²) < 4.78 is 0. The van der Waals surface area contributed by atoms with Gasteiger partial charge in [-0.15, -0.1) is 0 Å². The third-order valence-electron chi connectivity index (χ3n) is 4.12. The van der Waals surface area contributed by atoms with E-state index in [1.165, 1.54) is 0 Å². The summed E-state index contributed by atoms with van der Waals surface area (Å²) >= 11 is 0. The molecule has 0 aromatic heterocycles. The van der Waals surface area contributed by atoms with Gasteiger partial charge in [0, 0.05) is 12.6 Å². The lowest BCUT2D eigenvalue weighted by Crippen LogP contribution is -2.55. The standard InChI is InChI=1S/C20H41N3O2/c1-9-10-11-16(18(24)21-13-12-20(6,7)8)23-19(25)17(14(2)3)22-15(4)5/h14-17,22H,9-13H2,1-8H3,(H,21,24)(H,23,25). The van der Waals surface area contributed by atoms with Crippen molar-refractivity contribution in [3.05, 3.63) is 0 Å². The number of hydrogen-bond donors (Lipinski definition) is 3. The highest BCUT2D eigenvalue weighted by Crippen LogP contribution is 2.17. The number of rotatable bonds is 11. The Kier molecular flexibility index (Phi) is 11.0. The highest BCUT2D eigenvalue weighted by molar-refractivity contribution is 5.89. The Morgan fingerprint density at radius 1 is 1.00 bits per heavy atom. The lowest BCUT2D eigenvalue weighted by Gasteiger charge is -2.27. The maximum Gasteiger partial charge on any atom is 0.242 e. The van der Waals surface area contributed by atoms with Crippen LogP contribution in [0.1, 0.15) is 81.1 Å². The average molecular weight is 356 g/mol. The molecule has 0 aliphatic carbocycles. The summed E-state index contributed by atoms with van der Waals surface area (Å²) in [5, 5.41) is 9.26. The van der Waals surface area contributed by atoms with Gasteiger partial charge in [0.25, 0.3) is 0 Å². The molecule has 2 atom stereocenters. The van der Waals surface area contributed by atoms with Gasteiger partial charge in [0.2, 0.25) is 11.8 Å². The summed E-state index contributed by atoms with van der Waals surface area (Å²) in [7, 11) is 0. The second-order valence-electron chi connectivity index (χ2n) is 8.85. The second kappa shape index (κ2) is 11.5. The Labute approximate surface area is 155 Å². The Balaban J connectivity index is 4.83. The minimum absolute atomic E-state index is 0.0712. The van der Waals surface area contributed by atoms with Crippen molar-refractivity contribution in [2.24, 2.45) is 11.3 Å². The summed E-state index contributed by atoms with van der Waals surface area (Å²) in [4.78, 5) is 25.2. The molecule has 0 rings (SSSR count). The summed E-state index contributed by atoms with van der Waals surface area (Å²) in [5.41, 5.74) is 0.180. The molecule has 0 fully saturated rings. The van der Waals surface area contributed by atoms with Crippen LogP contribution in [0.2, 0.25) is 0 Å². The van der Waals surface area contributed by atoms with E-state index in [0.717, 1.165) is 19.3 Å².